The number of nitrogens with zero attached hydrogens (tertiary/aromatic N) is 3. The summed E-state index contributed by atoms with van der Waals surface area (Å²) in [6, 6.07) is 11.7. The molecule has 0 aliphatic heterocycles. The summed E-state index contributed by atoms with van der Waals surface area (Å²) >= 11 is 0. The number of benzene rings is 2. The van der Waals surface area contributed by atoms with Crippen LogP contribution in [0.15, 0.2) is 52.4 Å². The summed E-state index contributed by atoms with van der Waals surface area (Å²) in [5, 5.41) is 12.0. The predicted molar refractivity (Wildman–Crippen MR) is 121 cm³/mol. The van der Waals surface area contributed by atoms with E-state index in [2.05, 4.69) is 25.7 Å². The van der Waals surface area contributed by atoms with Crippen molar-refractivity contribution in [3.63, 3.8) is 0 Å². The Balaban J connectivity index is 1.70. The molecule has 0 saturated heterocycles. The molecule has 168 valence electrons. The van der Waals surface area contributed by atoms with E-state index < -0.39 is 5.41 Å². The van der Waals surface area contributed by atoms with Crippen molar-refractivity contribution in [2.24, 2.45) is 5.10 Å². The number of aromatic amines is 1. The van der Waals surface area contributed by atoms with Gasteiger partial charge in [-0.3, -0.25) is 9.78 Å². The maximum Gasteiger partial charge on any atom is 0.274 e. The van der Waals surface area contributed by atoms with Crippen LogP contribution in [-0.4, -0.2) is 28.0 Å². The van der Waals surface area contributed by atoms with Crippen molar-refractivity contribution in [1.29, 1.82) is 0 Å². The van der Waals surface area contributed by atoms with Gasteiger partial charge in [0.1, 0.15) is 18.1 Å². The van der Waals surface area contributed by atoms with Crippen LogP contribution in [0.25, 0.3) is 0 Å². The number of anilines is 1. The Morgan fingerprint density at radius 1 is 1.12 bits per heavy atom. The highest BCUT2D eigenvalue weighted by Crippen LogP contribution is 2.29. The van der Waals surface area contributed by atoms with Crippen molar-refractivity contribution in [3.05, 3.63) is 75.5 Å². The first kappa shape index (κ1) is 22.9. The molecule has 2 N–H and O–H groups in total. The third-order valence-corrected chi connectivity index (χ3v) is 4.40. The standard InChI is InChI=1S/C23H26FN5O3/c1-5-31-19-12-15(10-11-18(19)32-14-16-8-6-7-9-17(16)24)13-25-28-22-26-21(30)20(27-29-22)23(2,3)4/h6-13H,5,14H2,1-4H3,(H2,26,28,29,30)/b25-13+. The summed E-state index contributed by atoms with van der Waals surface area (Å²) in [6.07, 6.45) is 1.54. The maximum absolute atomic E-state index is 13.8. The minimum absolute atomic E-state index is 0.0817. The number of aromatic nitrogens is 3. The van der Waals surface area contributed by atoms with Gasteiger partial charge in [0.2, 0.25) is 5.95 Å². The van der Waals surface area contributed by atoms with Gasteiger partial charge in [-0.15, -0.1) is 10.2 Å². The molecule has 3 aromatic rings. The van der Waals surface area contributed by atoms with E-state index in [9.17, 15) is 9.18 Å². The lowest BCUT2D eigenvalue weighted by Crippen LogP contribution is -2.28. The summed E-state index contributed by atoms with van der Waals surface area (Å²) < 4.78 is 25.2. The molecule has 9 heteroatoms. The Hall–Kier alpha value is -3.75. The van der Waals surface area contributed by atoms with Crippen LogP contribution in [-0.2, 0) is 12.0 Å². The van der Waals surface area contributed by atoms with Crippen LogP contribution in [0, 0.1) is 5.82 Å². The molecule has 0 bridgehead atoms. The first-order chi connectivity index (χ1) is 15.3. The van der Waals surface area contributed by atoms with Gasteiger partial charge in [-0.25, -0.2) is 9.82 Å². The zero-order valence-corrected chi connectivity index (χ0v) is 18.5. The zero-order chi connectivity index (χ0) is 23.1. The van der Waals surface area contributed by atoms with Gasteiger partial charge in [-0.05, 0) is 36.8 Å². The SMILES string of the molecule is CCOc1cc(/C=N/Nc2nnc(C(C)(C)C)c(=O)[nH]2)ccc1OCc1ccccc1F. The second kappa shape index (κ2) is 10.0. The van der Waals surface area contributed by atoms with Crippen LogP contribution in [0.4, 0.5) is 10.3 Å². The lowest BCUT2D eigenvalue weighted by atomic mass is 9.93. The fraction of sp³-hybridized carbons (Fsp3) is 0.304. The van der Waals surface area contributed by atoms with E-state index in [4.69, 9.17) is 9.47 Å². The molecule has 0 unspecified atom stereocenters. The molecule has 0 amide bonds. The number of halogens is 1. The van der Waals surface area contributed by atoms with E-state index in [-0.39, 0.29) is 23.9 Å². The molecule has 0 atom stereocenters. The molecule has 0 radical (unpaired) electrons. The van der Waals surface area contributed by atoms with E-state index in [0.29, 0.717) is 29.4 Å². The lowest BCUT2D eigenvalue weighted by Gasteiger charge is -2.15. The van der Waals surface area contributed by atoms with Gasteiger partial charge in [0, 0.05) is 11.0 Å². The number of hydrogen-bond donors (Lipinski definition) is 2. The highest BCUT2D eigenvalue weighted by molar-refractivity contribution is 5.81. The number of nitrogens with one attached hydrogen (secondary N) is 2. The van der Waals surface area contributed by atoms with Crippen LogP contribution in [0.1, 0.15) is 44.5 Å². The third-order valence-electron chi connectivity index (χ3n) is 4.40. The topological polar surface area (TPSA) is 101 Å². The predicted octanol–water partition coefficient (Wildman–Crippen LogP) is 4.03. The van der Waals surface area contributed by atoms with Crippen molar-refractivity contribution < 1.29 is 13.9 Å². The van der Waals surface area contributed by atoms with E-state index in [1.807, 2.05) is 27.7 Å². The first-order valence-corrected chi connectivity index (χ1v) is 10.2. The van der Waals surface area contributed by atoms with E-state index in [0.717, 1.165) is 5.56 Å². The monoisotopic (exact) mass is 439 g/mol. The summed E-state index contributed by atoms with van der Waals surface area (Å²) in [6.45, 7) is 8.04. The smallest absolute Gasteiger partial charge is 0.274 e. The minimum Gasteiger partial charge on any atom is -0.490 e. The Bertz CT molecular complexity index is 1150. The van der Waals surface area contributed by atoms with Gasteiger partial charge in [0.05, 0.1) is 12.8 Å². The second-order valence-electron chi connectivity index (χ2n) is 7.99. The average molecular weight is 439 g/mol. The molecule has 0 spiro atoms. The first-order valence-electron chi connectivity index (χ1n) is 10.2. The Morgan fingerprint density at radius 2 is 1.91 bits per heavy atom. The number of rotatable bonds is 8. The van der Waals surface area contributed by atoms with Crippen LogP contribution < -0.4 is 20.5 Å². The molecule has 2 aromatic carbocycles. The molecular formula is C23H26FN5O3. The van der Waals surface area contributed by atoms with Crippen LogP contribution in [0.3, 0.4) is 0 Å². The van der Waals surface area contributed by atoms with Gasteiger partial charge < -0.3 is 9.47 Å². The zero-order valence-electron chi connectivity index (χ0n) is 18.5. The normalized spacial score (nSPS) is 11.5. The molecule has 0 aliphatic carbocycles. The summed E-state index contributed by atoms with van der Waals surface area (Å²) in [5.74, 6) is 0.815. The highest BCUT2D eigenvalue weighted by atomic mass is 19.1. The van der Waals surface area contributed by atoms with Crippen LogP contribution in [0.5, 0.6) is 11.5 Å². The highest BCUT2D eigenvalue weighted by Gasteiger charge is 2.20. The summed E-state index contributed by atoms with van der Waals surface area (Å²) in [7, 11) is 0. The quantitative estimate of drug-likeness (QED) is 0.406. The molecule has 8 nitrogen and oxygen atoms in total. The van der Waals surface area contributed by atoms with Gasteiger partial charge in [0.25, 0.3) is 5.56 Å². The minimum atomic E-state index is -0.409. The lowest BCUT2D eigenvalue weighted by molar-refractivity contribution is 0.266. The molecule has 32 heavy (non-hydrogen) atoms. The van der Waals surface area contributed by atoms with Gasteiger partial charge >= 0.3 is 0 Å². The molecule has 0 aliphatic rings. The molecule has 0 fully saturated rings. The largest absolute Gasteiger partial charge is 0.490 e. The third kappa shape index (κ3) is 5.90. The van der Waals surface area contributed by atoms with Crippen molar-refractivity contribution in [2.45, 2.75) is 39.7 Å². The van der Waals surface area contributed by atoms with Crippen LogP contribution in [0.2, 0.25) is 0 Å². The number of H-pyrrole nitrogens is 1. The number of ether oxygens (including phenoxy) is 2. The molecule has 0 saturated carbocycles. The van der Waals surface area contributed by atoms with E-state index >= 15 is 0 Å². The molecule has 3 rings (SSSR count). The fourth-order valence-electron chi connectivity index (χ4n) is 2.81. The number of hydrogen-bond acceptors (Lipinski definition) is 7. The molecule has 1 heterocycles. The van der Waals surface area contributed by atoms with Gasteiger partial charge in [-0.2, -0.15) is 5.10 Å². The van der Waals surface area contributed by atoms with Gasteiger partial charge in [0.15, 0.2) is 11.5 Å². The van der Waals surface area contributed by atoms with E-state index in [1.165, 1.54) is 6.07 Å². The summed E-state index contributed by atoms with van der Waals surface area (Å²) in [5.41, 5.74) is 3.46. The fourth-order valence-corrected chi connectivity index (χ4v) is 2.81. The van der Waals surface area contributed by atoms with Gasteiger partial charge in [-0.1, -0.05) is 39.0 Å². The van der Waals surface area contributed by atoms with Crippen molar-refractivity contribution in [2.75, 3.05) is 12.0 Å². The number of hydrazone groups is 1. The van der Waals surface area contributed by atoms with Crippen molar-refractivity contribution in [3.8, 4) is 11.5 Å². The van der Waals surface area contributed by atoms with Crippen molar-refractivity contribution in [1.82, 2.24) is 15.2 Å². The van der Waals surface area contributed by atoms with Crippen molar-refractivity contribution >= 4 is 12.2 Å². The second-order valence-corrected chi connectivity index (χ2v) is 7.99. The Morgan fingerprint density at radius 3 is 2.59 bits per heavy atom. The Labute approximate surface area is 185 Å². The van der Waals surface area contributed by atoms with Crippen LogP contribution >= 0.6 is 0 Å². The molecule has 1 aromatic heterocycles. The van der Waals surface area contributed by atoms with E-state index in [1.54, 1.807) is 42.6 Å². The summed E-state index contributed by atoms with van der Waals surface area (Å²) in [4.78, 5) is 14.8. The molecular weight excluding hydrogens is 413 g/mol. The Kier molecular flexibility index (Phi) is 7.19. The maximum atomic E-state index is 13.8. The average Bonchev–Trinajstić information content (AvgIpc) is 2.73.